The van der Waals surface area contributed by atoms with Crippen molar-refractivity contribution in [2.75, 3.05) is 0 Å². The fourth-order valence-corrected chi connectivity index (χ4v) is 0. The zero-order valence-electron chi connectivity index (χ0n) is 4.44. The Morgan fingerprint density at radius 3 is 1.80 bits per heavy atom. The second-order valence-electron chi connectivity index (χ2n) is 0.183. The Labute approximate surface area is 55.2 Å². The number of aliphatic hydroxyl groups is 1. The van der Waals surface area contributed by atoms with Gasteiger partial charge in [-0.1, -0.05) is 6.58 Å². The van der Waals surface area contributed by atoms with E-state index in [0.29, 0.717) is 0 Å². The Bertz CT molecular complexity index is 23.2. The Balaban J connectivity index is -0.00000000333. The zero-order chi connectivity index (χ0) is 2.71. The standard InChI is InChI=1S/C2H4O.Mg.H4Si.2H/c1-2-3;;;;/h2-3H,1H2;;1H4;;/q;+2;;2*-1. The molecule has 1 N–H and O–H groups in total. The van der Waals surface area contributed by atoms with Crippen molar-refractivity contribution in [2.45, 2.75) is 0 Å². The van der Waals surface area contributed by atoms with Gasteiger partial charge in [-0.3, -0.25) is 0 Å². The van der Waals surface area contributed by atoms with Gasteiger partial charge in [0.2, 0.25) is 0 Å². The van der Waals surface area contributed by atoms with Crippen LogP contribution in [0.5, 0.6) is 0 Å². The van der Waals surface area contributed by atoms with E-state index in [4.69, 9.17) is 5.11 Å². The van der Waals surface area contributed by atoms with Gasteiger partial charge in [-0.05, 0) is 11.0 Å². The van der Waals surface area contributed by atoms with E-state index in [1.54, 1.807) is 0 Å². The molecule has 0 aliphatic rings. The molecule has 0 atom stereocenters. The van der Waals surface area contributed by atoms with Crippen LogP contribution in [0.25, 0.3) is 0 Å². The molecule has 0 aromatic rings. The molecule has 30 valence electrons. The predicted molar refractivity (Wildman–Crippen MR) is 32.1 cm³/mol. The molecule has 0 aromatic carbocycles. The fourth-order valence-electron chi connectivity index (χ4n) is 0. The molecule has 0 saturated heterocycles. The van der Waals surface area contributed by atoms with Crippen LogP contribution in [0.3, 0.4) is 0 Å². The van der Waals surface area contributed by atoms with Gasteiger partial charge < -0.3 is 7.96 Å². The third-order valence-electron chi connectivity index (χ3n) is 0. The number of aliphatic hydroxyl groups excluding tert-OH is 1. The van der Waals surface area contributed by atoms with Crippen molar-refractivity contribution in [2.24, 2.45) is 0 Å². The molecule has 1 nitrogen and oxygen atoms in total. The van der Waals surface area contributed by atoms with Gasteiger partial charge in [0.15, 0.2) is 0 Å². The molecule has 0 amide bonds. The van der Waals surface area contributed by atoms with Crippen LogP contribution in [0.1, 0.15) is 2.85 Å². The molecule has 0 aromatic heterocycles. The van der Waals surface area contributed by atoms with Gasteiger partial charge >= 0.3 is 23.1 Å². The number of rotatable bonds is 0. The molecular weight excluding hydrogens is 92.4 g/mol. The molecule has 0 bridgehead atoms. The van der Waals surface area contributed by atoms with E-state index in [9.17, 15) is 0 Å². The summed E-state index contributed by atoms with van der Waals surface area (Å²) in [7, 11) is 0. The first-order valence-electron chi connectivity index (χ1n) is 0.666. The minimum Gasteiger partial charge on any atom is -1.00 e. The zero-order valence-corrected chi connectivity index (χ0v) is 3.85. The van der Waals surface area contributed by atoms with Crippen LogP contribution >= 0.6 is 0 Å². The largest absolute Gasteiger partial charge is 2.00 e. The molecule has 0 heterocycles. The SMILES string of the molecule is C=CO.[H-].[H-].[Mg+2].[SiH4]. The molecule has 0 aliphatic heterocycles. The van der Waals surface area contributed by atoms with Gasteiger partial charge in [0.05, 0.1) is 6.26 Å². The summed E-state index contributed by atoms with van der Waals surface area (Å²) in [6.45, 7) is 2.92. The van der Waals surface area contributed by atoms with Crippen molar-refractivity contribution in [3.63, 3.8) is 0 Å². The quantitative estimate of drug-likeness (QED) is 0.310. The van der Waals surface area contributed by atoms with E-state index in [2.05, 4.69) is 6.58 Å². The maximum atomic E-state index is 7.33. The second-order valence-corrected chi connectivity index (χ2v) is 0.183. The first-order valence-corrected chi connectivity index (χ1v) is 0.666. The Hall–Kier alpha value is 0.523. The van der Waals surface area contributed by atoms with E-state index in [-0.39, 0.29) is 36.9 Å². The van der Waals surface area contributed by atoms with Crippen molar-refractivity contribution in [1.82, 2.24) is 0 Å². The second kappa shape index (κ2) is 24.2. The summed E-state index contributed by atoms with van der Waals surface area (Å²) in [6, 6.07) is 0. The van der Waals surface area contributed by atoms with Crippen molar-refractivity contribution in [3.8, 4) is 0 Å². The maximum Gasteiger partial charge on any atom is 2.00 e. The third kappa shape index (κ3) is 105. The van der Waals surface area contributed by atoms with Crippen LogP contribution in [-0.4, -0.2) is 39.1 Å². The first-order chi connectivity index (χ1) is 1.41. The monoisotopic (exact) mass is 102 g/mol. The molecule has 3 heteroatoms. The summed E-state index contributed by atoms with van der Waals surface area (Å²) >= 11 is 0. The summed E-state index contributed by atoms with van der Waals surface area (Å²) in [6.07, 6.45) is 0.750. The molecular formula is C2H10MgOSi. The molecule has 0 unspecified atom stereocenters. The van der Waals surface area contributed by atoms with E-state index in [1.807, 2.05) is 0 Å². The molecule has 0 radical (unpaired) electrons. The smallest absolute Gasteiger partial charge is 1.00 e. The normalized spacial score (nSPS) is 2.40. The van der Waals surface area contributed by atoms with Gasteiger partial charge in [0.25, 0.3) is 0 Å². The fraction of sp³-hybridized carbons (Fsp3) is 0. The molecule has 0 aliphatic carbocycles. The van der Waals surface area contributed by atoms with Gasteiger partial charge in [0.1, 0.15) is 0 Å². The minimum absolute atomic E-state index is 0. The Kier molecular flexibility index (Phi) is 85.9. The minimum atomic E-state index is 0. The van der Waals surface area contributed by atoms with E-state index >= 15 is 0 Å². The maximum absolute atomic E-state index is 7.33. The van der Waals surface area contributed by atoms with Gasteiger partial charge in [-0.25, -0.2) is 0 Å². The van der Waals surface area contributed by atoms with Crippen LogP contribution in [0, 0.1) is 0 Å². The molecule has 0 saturated carbocycles. The summed E-state index contributed by atoms with van der Waals surface area (Å²) in [5.74, 6) is 0. The molecule has 5 heavy (non-hydrogen) atoms. The van der Waals surface area contributed by atoms with Crippen LogP contribution in [0.2, 0.25) is 0 Å². The average Bonchev–Trinajstić information content (AvgIpc) is 0.918. The van der Waals surface area contributed by atoms with E-state index in [1.165, 1.54) is 0 Å². The van der Waals surface area contributed by atoms with Gasteiger partial charge in [-0.2, -0.15) is 0 Å². The van der Waals surface area contributed by atoms with Crippen LogP contribution in [0.4, 0.5) is 0 Å². The summed E-state index contributed by atoms with van der Waals surface area (Å²) in [4.78, 5) is 0. The third-order valence-corrected chi connectivity index (χ3v) is 0. The number of hydrogen-bond donors (Lipinski definition) is 1. The Morgan fingerprint density at radius 1 is 1.80 bits per heavy atom. The van der Waals surface area contributed by atoms with Crippen molar-refractivity contribution in [1.29, 1.82) is 0 Å². The molecule has 0 spiro atoms. The summed E-state index contributed by atoms with van der Waals surface area (Å²) in [5.41, 5.74) is 0. The van der Waals surface area contributed by atoms with E-state index in [0.717, 1.165) is 6.26 Å². The summed E-state index contributed by atoms with van der Waals surface area (Å²) in [5, 5.41) is 7.33. The molecule has 0 fully saturated rings. The van der Waals surface area contributed by atoms with E-state index < -0.39 is 0 Å². The Morgan fingerprint density at radius 2 is 1.80 bits per heavy atom. The first kappa shape index (κ1) is 17.7. The topological polar surface area (TPSA) is 20.2 Å². The van der Waals surface area contributed by atoms with Crippen molar-refractivity contribution in [3.05, 3.63) is 12.8 Å². The summed E-state index contributed by atoms with van der Waals surface area (Å²) < 4.78 is 0. The van der Waals surface area contributed by atoms with Crippen LogP contribution in [0.15, 0.2) is 12.8 Å². The van der Waals surface area contributed by atoms with Gasteiger partial charge in [0, 0.05) is 0 Å². The van der Waals surface area contributed by atoms with Gasteiger partial charge in [-0.15, -0.1) is 0 Å². The van der Waals surface area contributed by atoms with Crippen LogP contribution in [-0.2, 0) is 0 Å². The van der Waals surface area contributed by atoms with Crippen LogP contribution < -0.4 is 0 Å². The average molecular weight is 102 g/mol. The van der Waals surface area contributed by atoms with Crippen molar-refractivity contribution >= 4 is 34.0 Å². The number of hydrogen-bond acceptors (Lipinski definition) is 1. The molecule has 0 rings (SSSR count). The van der Waals surface area contributed by atoms with Crippen molar-refractivity contribution < 1.29 is 7.96 Å². The predicted octanol–water partition coefficient (Wildman–Crippen LogP) is -0.919.